The molecule has 0 aliphatic carbocycles. The van der Waals surface area contributed by atoms with E-state index in [4.69, 9.17) is 4.74 Å². The molecule has 0 saturated carbocycles. The second kappa shape index (κ2) is 9.91. The highest BCUT2D eigenvalue weighted by molar-refractivity contribution is 6.05. The number of aromatic nitrogens is 3. The monoisotopic (exact) mass is 448 g/mol. The Morgan fingerprint density at radius 1 is 1.21 bits per heavy atom. The van der Waals surface area contributed by atoms with E-state index >= 15 is 0 Å². The van der Waals surface area contributed by atoms with Crippen LogP contribution in [0.1, 0.15) is 38.9 Å². The Labute approximate surface area is 192 Å². The molecule has 9 nitrogen and oxygen atoms in total. The molecular formula is C24H28N6O3. The first-order chi connectivity index (χ1) is 16.0. The fourth-order valence-corrected chi connectivity index (χ4v) is 4.06. The number of carbonyl (C=O) groups excluding carboxylic acids is 2. The molecular weight excluding hydrogens is 420 g/mol. The smallest absolute Gasteiger partial charge is 0.273 e. The number of methoxy groups -OCH3 is 1. The molecule has 9 heteroatoms. The number of anilines is 1. The fraction of sp³-hybridized carbons (Fsp3) is 0.375. The number of nitrogens with zero attached hydrogens (tertiary/aromatic N) is 5. The van der Waals surface area contributed by atoms with Crippen molar-refractivity contribution in [2.45, 2.75) is 12.3 Å². The predicted octanol–water partition coefficient (Wildman–Crippen LogP) is 2.10. The number of amides is 2. The van der Waals surface area contributed by atoms with Gasteiger partial charge in [0, 0.05) is 64.5 Å². The van der Waals surface area contributed by atoms with Crippen molar-refractivity contribution < 1.29 is 14.3 Å². The van der Waals surface area contributed by atoms with Crippen LogP contribution in [0.25, 0.3) is 10.8 Å². The molecule has 1 aromatic carbocycles. The summed E-state index contributed by atoms with van der Waals surface area (Å²) in [6, 6.07) is 9.64. The average molecular weight is 449 g/mol. The Kier molecular flexibility index (Phi) is 6.79. The Bertz CT molecular complexity index is 1160. The lowest BCUT2D eigenvalue weighted by atomic mass is 9.99. The lowest BCUT2D eigenvalue weighted by Gasteiger charge is -2.19. The second-order valence-electron chi connectivity index (χ2n) is 8.23. The maximum absolute atomic E-state index is 13.3. The molecule has 1 saturated heterocycles. The molecule has 0 spiro atoms. The molecule has 1 atom stereocenters. The molecule has 172 valence electrons. The number of fused-ring (bicyclic) bond motifs is 1. The number of carbonyl (C=O) groups is 2. The number of ether oxygens (including phenoxy) is 1. The first-order valence-corrected chi connectivity index (χ1v) is 10.9. The molecule has 33 heavy (non-hydrogen) atoms. The maximum Gasteiger partial charge on any atom is 0.273 e. The van der Waals surface area contributed by atoms with Crippen LogP contribution in [0.15, 0.2) is 42.7 Å². The number of benzene rings is 1. The predicted molar refractivity (Wildman–Crippen MR) is 126 cm³/mol. The summed E-state index contributed by atoms with van der Waals surface area (Å²) in [6.07, 6.45) is 3.94. The summed E-state index contributed by atoms with van der Waals surface area (Å²) in [5.41, 5.74) is 1.53. The van der Waals surface area contributed by atoms with Gasteiger partial charge < -0.3 is 19.9 Å². The Morgan fingerprint density at radius 2 is 2.03 bits per heavy atom. The SMILES string of the molecule is COCCNC(=O)c1cnc(N(C)C)nc1C1CCN(C(=O)c2nccc3ccccc23)C1. The van der Waals surface area contributed by atoms with Crippen LogP contribution in [0.5, 0.6) is 0 Å². The van der Waals surface area contributed by atoms with Gasteiger partial charge >= 0.3 is 0 Å². The Morgan fingerprint density at radius 3 is 2.82 bits per heavy atom. The normalized spacial score (nSPS) is 15.6. The maximum atomic E-state index is 13.3. The van der Waals surface area contributed by atoms with Gasteiger partial charge in [-0.05, 0) is 17.9 Å². The Balaban J connectivity index is 1.59. The van der Waals surface area contributed by atoms with Gasteiger partial charge in [-0.25, -0.2) is 9.97 Å². The highest BCUT2D eigenvalue weighted by atomic mass is 16.5. The van der Waals surface area contributed by atoms with Crippen molar-refractivity contribution in [3.63, 3.8) is 0 Å². The van der Waals surface area contributed by atoms with E-state index in [1.807, 2.05) is 44.4 Å². The summed E-state index contributed by atoms with van der Waals surface area (Å²) < 4.78 is 5.02. The van der Waals surface area contributed by atoms with Crippen LogP contribution < -0.4 is 10.2 Å². The van der Waals surface area contributed by atoms with Crippen LogP contribution in [0.4, 0.5) is 5.95 Å². The second-order valence-corrected chi connectivity index (χ2v) is 8.23. The molecule has 1 fully saturated rings. The largest absolute Gasteiger partial charge is 0.383 e. The van der Waals surface area contributed by atoms with Crippen molar-refractivity contribution >= 4 is 28.5 Å². The summed E-state index contributed by atoms with van der Waals surface area (Å²) in [7, 11) is 5.30. The lowest BCUT2D eigenvalue weighted by Crippen LogP contribution is -2.31. The van der Waals surface area contributed by atoms with Crippen molar-refractivity contribution in [3.05, 3.63) is 59.7 Å². The molecule has 2 aromatic heterocycles. The summed E-state index contributed by atoms with van der Waals surface area (Å²) in [5.74, 6) is 0.0999. The van der Waals surface area contributed by atoms with E-state index in [2.05, 4.69) is 20.3 Å². The highest BCUT2D eigenvalue weighted by Crippen LogP contribution is 2.30. The van der Waals surface area contributed by atoms with Gasteiger partial charge in [-0.1, -0.05) is 24.3 Å². The van der Waals surface area contributed by atoms with Crippen LogP contribution in [0.3, 0.4) is 0 Å². The van der Waals surface area contributed by atoms with Gasteiger partial charge in [-0.15, -0.1) is 0 Å². The average Bonchev–Trinajstić information content (AvgIpc) is 3.33. The van der Waals surface area contributed by atoms with Crippen molar-refractivity contribution in [2.24, 2.45) is 0 Å². The van der Waals surface area contributed by atoms with E-state index in [1.165, 1.54) is 0 Å². The van der Waals surface area contributed by atoms with Gasteiger partial charge in [0.15, 0.2) is 0 Å². The molecule has 1 unspecified atom stereocenters. The Hall–Kier alpha value is -3.59. The van der Waals surface area contributed by atoms with Gasteiger partial charge in [0.1, 0.15) is 5.69 Å². The van der Waals surface area contributed by atoms with Crippen LogP contribution in [0, 0.1) is 0 Å². The summed E-state index contributed by atoms with van der Waals surface area (Å²) >= 11 is 0. The van der Waals surface area contributed by atoms with Gasteiger partial charge in [-0.2, -0.15) is 0 Å². The van der Waals surface area contributed by atoms with Crippen molar-refractivity contribution in [3.8, 4) is 0 Å². The summed E-state index contributed by atoms with van der Waals surface area (Å²) in [6.45, 7) is 1.85. The molecule has 1 aliphatic rings. The van der Waals surface area contributed by atoms with Crippen LogP contribution in [0.2, 0.25) is 0 Å². The van der Waals surface area contributed by atoms with E-state index in [0.29, 0.717) is 55.6 Å². The minimum absolute atomic E-state index is 0.0752. The zero-order chi connectivity index (χ0) is 23.4. The first kappa shape index (κ1) is 22.6. The standard InChI is InChI=1S/C24H28N6O3/c1-29(2)24-27-14-19(22(31)26-11-13-33-3)20(28-24)17-9-12-30(15-17)23(32)21-18-7-5-4-6-16(18)8-10-25-21/h4-8,10,14,17H,9,11-13,15H2,1-3H3,(H,26,31). The number of hydrogen-bond acceptors (Lipinski definition) is 7. The van der Waals surface area contributed by atoms with E-state index < -0.39 is 0 Å². The van der Waals surface area contributed by atoms with Crippen LogP contribution >= 0.6 is 0 Å². The number of pyridine rings is 1. The third-order valence-corrected chi connectivity index (χ3v) is 5.78. The van der Waals surface area contributed by atoms with E-state index in [0.717, 1.165) is 10.8 Å². The van der Waals surface area contributed by atoms with Gasteiger partial charge in [0.25, 0.3) is 11.8 Å². The molecule has 1 aliphatic heterocycles. The zero-order valence-electron chi connectivity index (χ0n) is 19.1. The van der Waals surface area contributed by atoms with Crippen LogP contribution in [-0.4, -0.2) is 79.1 Å². The first-order valence-electron chi connectivity index (χ1n) is 10.9. The lowest BCUT2D eigenvalue weighted by molar-refractivity contribution is 0.0787. The third-order valence-electron chi connectivity index (χ3n) is 5.78. The minimum atomic E-state index is -0.243. The molecule has 3 heterocycles. The van der Waals surface area contributed by atoms with E-state index in [9.17, 15) is 9.59 Å². The number of likely N-dealkylation sites (tertiary alicyclic amines) is 1. The number of hydrogen-bond donors (Lipinski definition) is 1. The molecule has 1 N–H and O–H groups in total. The summed E-state index contributed by atoms with van der Waals surface area (Å²) in [4.78, 5) is 43.1. The molecule has 0 bridgehead atoms. The molecule has 2 amide bonds. The van der Waals surface area contributed by atoms with E-state index in [1.54, 1.807) is 29.3 Å². The summed E-state index contributed by atoms with van der Waals surface area (Å²) in [5, 5.41) is 4.66. The molecule has 4 rings (SSSR count). The van der Waals surface area contributed by atoms with Gasteiger partial charge in [-0.3, -0.25) is 14.6 Å². The van der Waals surface area contributed by atoms with E-state index in [-0.39, 0.29) is 17.7 Å². The fourth-order valence-electron chi connectivity index (χ4n) is 4.06. The number of rotatable bonds is 7. The van der Waals surface area contributed by atoms with Crippen molar-refractivity contribution in [2.75, 3.05) is 52.3 Å². The topological polar surface area (TPSA) is 101 Å². The van der Waals surface area contributed by atoms with Crippen molar-refractivity contribution in [1.29, 1.82) is 0 Å². The third kappa shape index (κ3) is 4.78. The number of nitrogens with one attached hydrogen (secondary N) is 1. The molecule has 0 radical (unpaired) electrons. The minimum Gasteiger partial charge on any atom is -0.383 e. The quantitative estimate of drug-likeness (QED) is 0.553. The zero-order valence-corrected chi connectivity index (χ0v) is 19.1. The van der Waals surface area contributed by atoms with Gasteiger partial charge in [0.2, 0.25) is 5.95 Å². The highest BCUT2D eigenvalue weighted by Gasteiger charge is 2.33. The van der Waals surface area contributed by atoms with Crippen LogP contribution in [-0.2, 0) is 4.74 Å². The molecule has 3 aromatic rings. The van der Waals surface area contributed by atoms with Gasteiger partial charge in [0.05, 0.1) is 17.9 Å². The van der Waals surface area contributed by atoms with Crippen molar-refractivity contribution in [1.82, 2.24) is 25.2 Å².